The topological polar surface area (TPSA) is 85.5 Å². The van der Waals surface area contributed by atoms with Gasteiger partial charge in [0.25, 0.3) is 0 Å². The molecular weight excluding hydrogens is 279 g/mol. The Balaban J connectivity index is 2.10. The van der Waals surface area contributed by atoms with Crippen LogP contribution in [0.5, 0.6) is 0 Å². The number of carboxylic acids is 1. The van der Waals surface area contributed by atoms with Crippen molar-refractivity contribution in [3.05, 3.63) is 34.9 Å². The summed E-state index contributed by atoms with van der Waals surface area (Å²) in [5.41, 5.74) is 0.389. The van der Waals surface area contributed by atoms with Crippen LogP contribution in [0.25, 0.3) is 11.5 Å². The van der Waals surface area contributed by atoms with Gasteiger partial charge in [-0.3, -0.25) is 0 Å². The van der Waals surface area contributed by atoms with Gasteiger partial charge in [0.15, 0.2) is 0 Å². The molecule has 0 fully saturated rings. The van der Waals surface area contributed by atoms with Crippen molar-refractivity contribution >= 4 is 17.6 Å². The molecule has 0 aliphatic heterocycles. The average Bonchev–Trinajstić information content (AvgIpc) is 2.77. The van der Waals surface area contributed by atoms with E-state index >= 15 is 0 Å². The molecule has 2 aromatic rings. The summed E-state index contributed by atoms with van der Waals surface area (Å²) >= 11 is 5.84. The number of carbonyl (C=O) groups is 1. The van der Waals surface area contributed by atoms with Crippen molar-refractivity contribution in [2.45, 2.75) is 6.61 Å². The fourth-order valence-corrected chi connectivity index (χ4v) is 1.56. The molecule has 100 valence electrons. The lowest BCUT2D eigenvalue weighted by atomic mass is 10.2. The van der Waals surface area contributed by atoms with E-state index in [2.05, 4.69) is 10.2 Å². The van der Waals surface area contributed by atoms with Gasteiger partial charge in [0.05, 0.1) is 10.6 Å². The molecule has 1 heterocycles. The predicted octanol–water partition coefficient (Wildman–Crippen LogP) is 2.13. The smallest absolute Gasteiger partial charge is 0.329 e. The molecule has 0 bridgehead atoms. The lowest BCUT2D eigenvalue weighted by Crippen LogP contribution is -2.06. The van der Waals surface area contributed by atoms with Crippen molar-refractivity contribution in [1.29, 1.82) is 0 Å². The molecule has 0 aliphatic rings. The third kappa shape index (κ3) is 3.49. The molecule has 0 saturated carbocycles. The summed E-state index contributed by atoms with van der Waals surface area (Å²) in [6.45, 7) is -0.590. The molecule has 1 aromatic carbocycles. The van der Waals surface area contributed by atoms with E-state index in [1.54, 1.807) is 0 Å². The van der Waals surface area contributed by atoms with E-state index in [1.165, 1.54) is 12.1 Å². The average molecular weight is 287 g/mol. The van der Waals surface area contributed by atoms with Gasteiger partial charge in [-0.15, -0.1) is 10.2 Å². The van der Waals surface area contributed by atoms with Gasteiger partial charge < -0.3 is 14.3 Å². The van der Waals surface area contributed by atoms with Crippen molar-refractivity contribution in [3.63, 3.8) is 0 Å². The number of ether oxygens (including phenoxy) is 1. The molecule has 0 radical (unpaired) electrons. The molecule has 1 N–H and O–H groups in total. The molecule has 8 heteroatoms. The fourth-order valence-electron chi connectivity index (χ4n) is 1.31. The van der Waals surface area contributed by atoms with Crippen molar-refractivity contribution in [2.24, 2.45) is 0 Å². The number of benzene rings is 1. The summed E-state index contributed by atoms with van der Waals surface area (Å²) in [6.07, 6.45) is 0. The molecule has 0 atom stereocenters. The first-order chi connectivity index (χ1) is 9.06. The third-order valence-electron chi connectivity index (χ3n) is 2.08. The number of halogens is 2. The summed E-state index contributed by atoms with van der Waals surface area (Å²) in [6, 6.07) is 3.75. The molecule has 0 amide bonds. The monoisotopic (exact) mass is 286 g/mol. The highest BCUT2D eigenvalue weighted by molar-refractivity contribution is 6.33. The third-order valence-corrected chi connectivity index (χ3v) is 2.39. The second-order valence-electron chi connectivity index (χ2n) is 3.51. The zero-order chi connectivity index (χ0) is 13.8. The van der Waals surface area contributed by atoms with E-state index in [9.17, 15) is 9.18 Å². The Kier molecular flexibility index (Phi) is 4.08. The number of carboxylic acid groups (broad SMARTS) is 1. The largest absolute Gasteiger partial charge is 0.480 e. The van der Waals surface area contributed by atoms with Crippen LogP contribution in [-0.4, -0.2) is 27.9 Å². The minimum absolute atomic E-state index is 0.108. The van der Waals surface area contributed by atoms with E-state index in [0.29, 0.717) is 5.56 Å². The Bertz CT molecular complexity index is 602. The van der Waals surface area contributed by atoms with Crippen molar-refractivity contribution in [1.82, 2.24) is 10.2 Å². The highest BCUT2D eigenvalue weighted by Crippen LogP contribution is 2.27. The number of aromatic nitrogens is 2. The molecule has 0 unspecified atom stereocenters. The van der Waals surface area contributed by atoms with E-state index in [1.807, 2.05) is 0 Å². The van der Waals surface area contributed by atoms with Gasteiger partial charge >= 0.3 is 5.97 Å². The summed E-state index contributed by atoms with van der Waals surface area (Å²) < 4.78 is 22.9. The van der Waals surface area contributed by atoms with Crippen LogP contribution in [0.3, 0.4) is 0 Å². The minimum atomic E-state index is -1.10. The first-order valence-electron chi connectivity index (χ1n) is 5.13. The maximum absolute atomic E-state index is 12.9. The Morgan fingerprint density at radius 1 is 1.47 bits per heavy atom. The summed E-state index contributed by atoms with van der Waals surface area (Å²) in [5.74, 6) is -1.35. The maximum atomic E-state index is 12.9. The van der Waals surface area contributed by atoms with Gasteiger partial charge in [-0.05, 0) is 18.2 Å². The fraction of sp³-hybridized carbons (Fsp3) is 0.182. The standard InChI is InChI=1S/C11H8ClFN2O4/c12-8-3-6(13)1-2-7(8)11-15-14-9(19-11)4-18-5-10(16)17/h1-3H,4-5H2,(H,16,17). The van der Waals surface area contributed by atoms with Gasteiger partial charge in [0.1, 0.15) is 19.0 Å². The van der Waals surface area contributed by atoms with Crippen LogP contribution < -0.4 is 0 Å². The van der Waals surface area contributed by atoms with Crippen LogP contribution in [0.1, 0.15) is 5.89 Å². The number of hydrogen-bond donors (Lipinski definition) is 1. The van der Waals surface area contributed by atoms with Crippen LogP contribution in [-0.2, 0) is 16.1 Å². The predicted molar refractivity (Wildman–Crippen MR) is 62.0 cm³/mol. The second kappa shape index (κ2) is 5.77. The van der Waals surface area contributed by atoms with Gasteiger partial charge in [0, 0.05) is 0 Å². The normalized spacial score (nSPS) is 10.6. The van der Waals surface area contributed by atoms with E-state index < -0.39 is 18.4 Å². The van der Waals surface area contributed by atoms with E-state index in [-0.39, 0.29) is 23.4 Å². The van der Waals surface area contributed by atoms with Gasteiger partial charge in [-0.25, -0.2) is 9.18 Å². The Morgan fingerprint density at radius 3 is 2.95 bits per heavy atom. The molecule has 19 heavy (non-hydrogen) atoms. The number of rotatable bonds is 5. The maximum Gasteiger partial charge on any atom is 0.329 e. The molecular formula is C11H8ClFN2O4. The van der Waals surface area contributed by atoms with Crippen LogP contribution in [0, 0.1) is 5.82 Å². The van der Waals surface area contributed by atoms with Crippen LogP contribution in [0.15, 0.2) is 22.6 Å². The summed E-state index contributed by atoms with van der Waals surface area (Å²) in [5, 5.41) is 15.9. The summed E-state index contributed by atoms with van der Waals surface area (Å²) in [7, 11) is 0. The molecule has 1 aromatic heterocycles. The minimum Gasteiger partial charge on any atom is -0.480 e. The van der Waals surface area contributed by atoms with Crippen molar-refractivity contribution < 1.29 is 23.4 Å². The van der Waals surface area contributed by atoms with Crippen LogP contribution in [0.4, 0.5) is 4.39 Å². The lowest BCUT2D eigenvalue weighted by Gasteiger charge is -1.98. The highest BCUT2D eigenvalue weighted by atomic mass is 35.5. The van der Waals surface area contributed by atoms with Crippen molar-refractivity contribution in [3.8, 4) is 11.5 Å². The van der Waals surface area contributed by atoms with Crippen LogP contribution in [0.2, 0.25) is 5.02 Å². The zero-order valence-corrected chi connectivity index (χ0v) is 10.2. The van der Waals surface area contributed by atoms with E-state index in [0.717, 1.165) is 6.07 Å². The highest BCUT2D eigenvalue weighted by Gasteiger charge is 2.13. The second-order valence-corrected chi connectivity index (χ2v) is 3.92. The molecule has 0 aliphatic carbocycles. The zero-order valence-electron chi connectivity index (χ0n) is 9.47. The van der Waals surface area contributed by atoms with Gasteiger partial charge in [0.2, 0.25) is 11.8 Å². The SMILES string of the molecule is O=C(O)COCc1nnc(-c2ccc(F)cc2Cl)o1. The number of hydrogen-bond acceptors (Lipinski definition) is 5. The van der Waals surface area contributed by atoms with E-state index in [4.69, 9.17) is 25.9 Å². The number of nitrogens with zero attached hydrogens (tertiary/aromatic N) is 2. The first-order valence-corrected chi connectivity index (χ1v) is 5.51. The quantitative estimate of drug-likeness (QED) is 0.906. The van der Waals surface area contributed by atoms with Crippen LogP contribution >= 0.6 is 11.6 Å². The molecule has 2 rings (SSSR count). The molecule has 0 saturated heterocycles. The summed E-state index contributed by atoms with van der Waals surface area (Å²) in [4.78, 5) is 10.2. The molecule has 6 nitrogen and oxygen atoms in total. The Labute approximate surface area is 111 Å². The number of aliphatic carboxylic acids is 1. The van der Waals surface area contributed by atoms with Crippen molar-refractivity contribution in [2.75, 3.05) is 6.61 Å². The van der Waals surface area contributed by atoms with Gasteiger partial charge in [-0.2, -0.15) is 0 Å². The Hall–Kier alpha value is -1.99. The lowest BCUT2D eigenvalue weighted by molar-refractivity contribution is -0.142. The first kappa shape index (κ1) is 13.4. The molecule has 0 spiro atoms. The Morgan fingerprint density at radius 2 is 2.26 bits per heavy atom. The van der Waals surface area contributed by atoms with Gasteiger partial charge in [-0.1, -0.05) is 11.6 Å².